The van der Waals surface area contributed by atoms with Crippen molar-refractivity contribution in [1.29, 1.82) is 0 Å². The van der Waals surface area contributed by atoms with Crippen LogP contribution in [0, 0.1) is 18.8 Å². The molecule has 0 spiro atoms. The van der Waals surface area contributed by atoms with Gasteiger partial charge >= 0.3 is 0 Å². The second kappa shape index (κ2) is 5.73. The average molecular weight is 306 g/mol. The predicted octanol–water partition coefficient (Wildman–Crippen LogP) is 3.70. The van der Waals surface area contributed by atoms with Crippen LogP contribution in [0.15, 0.2) is 12.1 Å². The largest absolute Gasteiger partial charge is 0.318 e. The van der Waals surface area contributed by atoms with Crippen LogP contribution in [-0.4, -0.2) is 22.9 Å². The highest BCUT2D eigenvalue weighted by atomic mass is 32.1. The molecule has 0 bridgehead atoms. The highest BCUT2D eigenvalue weighted by Crippen LogP contribution is 2.39. The molecule has 0 radical (unpaired) electrons. The summed E-state index contributed by atoms with van der Waals surface area (Å²) in [5.41, 5.74) is 0. The van der Waals surface area contributed by atoms with Crippen LogP contribution in [0.3, 0.4) is 0 Å². The molecule has 1 amide bonds. The van der Waals surface area contributed by atoms with Gasteiger partial charge in [0.05, 0.1) is 6.04 Å². The Morgan fingerprint density at radius 2 is 1.95 bits per heavy atom. The first-order valence-electron chi connectivity index (χ1n) is 8.12. The van der Waals surface area contributed by atoms with Crippen LogP contribution in [0.2, 0.25) is 0 Å². The Kier molecular flexibility index (Phi) is 4.10. The molecule has 21 heavy (non-hydrogen) atoms. The standard InChI is InChI=1S/C17H26N2OS/c1-10-5-7-14(9-11(10)2)19-16(18-13(4)17(19)20)15-8-6-12(3)21-15/h6,8,10-11,13-14,16,18H,5,7,9H2,1-4H3. The lowest BCUT2D eigenvalue weighted by atomic mass is 9.78. The van der Waals surface area contributed by atoms with Gasteiger partial charge < -0.3 is 4.90 Å². The molecule has 5 unspecified atom stereocenters. The Labute approximate surface area is 131 Å². The Morgan fingerprint density at radius 1 is 1.19 bits per heavy atom. The summed E-state index contributed by atoms with van der Waals surface area (Å²) in [6.45, 7) is 8.79. The lowest BCUT2D eigenvalue weighted by Crippen LogP contribution is -2.43. The fraction of sp³-hybridized carbons (Fsp3) is 0.706. The second-order valence-electron chi connectivity index (χ2n) is 6.91. The smallest absolute Gasteiger partial charge is 0.241 e. The molecule has 3 rings (SSSR count). The molecule has 116 valence electrons. The normalized spacial score (nSPS) is 37.2. The van der Waals surface area contributed by atoms with Crippen molar-refractivity contribution < 1.29 is 4.79 Å². The molecule has 4 heteroatoms. The van der Waals surface area contributed by atoms with Crippen LogP contribution < -0.4 is 5.32 Å². The summed E-state index contributed by atoms with van der Waals surface area (Å²) in [5.74, 6) is 1.77. The van der Waals surface area contributed by atoms with E-state index in [0.29, 0.717) is 12.0 Å². The monoisotopic (exact) mass is 306 g/mol. The number of nitrogens with one attached hydrogen (secondary N) is 1. The Hall–Kier alpha value is -0.870. The first-order chi connectivity index (χ1) is 9.97. The SMILES string of the molecule is Cc1ccc(C2NC(C)C(=O)N2C2CCC(C)C(C)C2)s1. The maximum absolute atomic E-state index is 12.7. The lowest BCUT2D eigenvalue weighted by Gasteiger charge is -2.39. The summed E-state index contributed by atoms with van der Waals surface area (Å²) in [6.07, 6.45) is 3.60. The zero-order chi connectivity index (χ0) is 15.1. The van der Waals surface area contributed by atoms with Gasteiger partial charge in [0.15, 0.2) is 0 Å². The van der Waals surface area contributed by atoms with Crippen LogP contribution in [-0.2, 0) is 4.79 Å². The molecule has 3 nitrogen and oxygen atoms in total. The summed E-state index contributed by atoms with van der Waals surface area (Å²) in [7, 11) is 0. The van der Waals surface area contributed by atoms with Crippen molar-refractivity contribution in [3.8, 4) is 0 Å². The van der Waals surface area contributed by atoms with Gasteiger partial charge in [0.2, 0.25) is 5.91 Å². The van der Waals surface area contributed by atoms with E-state index < -0.39 is 0 Å². The molecule has 1 aliphatic carbocycles. The topological polar surface area (TPSA) is 32.3 Å². The van der Waals surface area contributed by atoms with Crippen LogP contribution in [0.1, 0.15) is 56.0 Å². The van der Waals surface area contributed by atoms with Gasteiger partial charge in [0.25, 0.3) is 0 Å². The molecule has 1 aliphatic heterocycles. The van der Waals surface area contributed by atoms with Crippen LogP contribution >= 0.6 is 11.3 Å². The number of amides is 1. The van der Waals surface area contributed by atoms with Crippen molar-refractivity contribution in [2.24, 2.45) is 11.8 Å². The number of aryl methyl sites for hydroxylation is 1. The van der Waals surface area contributed by atoms with Crippen molar-refractivity contribution in [2.75, 3.05) is 0 Å². The molecular formula is C17H26N2OS. The van der Waals surface area contributed by atoms with Gasteiger partial charge in [-0.1, -0.05) is 13.8 Å². The molecule has 2 heterocycles. The quantitative estimate of drug-likeness (QED) is 0.903. The van der Waals surface area contributed by atoms with Gasteiger partial charge in [0, 0.05) is 15.8 Å². The van der Waals surface area contributed by atoms with E-state index in [0.717, 1.165) is 18.8 Å². The fourth-order valence-corrected chi connectivity index (χ4v) is 4.66. The number of hydrogen-bond acceptors (Lipinski definition) is 3. The molecule has 1 aromatic rings. The first-order valence-corrected chi connectivity index (χ1v) is 8.93. The molecule has 1 saturated heterocycles. The molecule has 1 aromatic heterocycles. The third-order valence-corrected chi connectivity index (χ3v) is 6.36. The van der Waals surface area contributed by atoms with E-state index in [4.69, 9.17) is 0 Å². The van der Waals surface area contributed by atoms with E-state index in [1.165, 1.54) is 16.2 Å². The van der Waals surface area contributed by atoms with Crippen LogP contribution in [0.25, 0.3) is 0 Å². The third kappa shape index (κ3) is 2.76. The third-order valence-electron chi connectivity index (χ3n) is 5.31. The number of nitrogens with zero attached hydrogens (tertiary/aromatic N) is 1. The van der Waals surface area contributed by atoms with Gasteiger partial charge in [-0.05, 0) is 57.1 Å². The molecule has 2 aliphatic rings. The molecule has 1 saturated carbocycles. The molecule has 1 N–H and O–H groups in total. The highest BCUT2D eigenvalue weighted by Gasteiger charge is 2.43. The van der Waals surface area contributed by atoms with Gasteiger partial charge in [-0.2, -0.15) is 0 Å². The predicted molar refractivity (Wildman–Crippen MR) is 87.2 cm³/mol. The minimum absolute atomic E-state index is 0.0629. The van der Waals surface area contributed by atoms with Crippen molar-refractivity contribution in [1.82, 2.24) is 10.2 Å². The summed E-state index contributed by atoms with van der Waals surface area (Å²) < 4.78 is 0. The zero-order valence-corrected chi connectivity index (χ0v) is 14.2. The summed E-state index contributed by atoms with van der Waals surface area (Å²) >= 11 is 1.80. The molecule has 0 aromatic carbocycles. The van der Waals surface area contributed by atoms with Gasteiger partial charge in [-0.15, -0.1) is 11.3 Å². The van der Waals surface area contributed by atoms with E-state index in [-0.39, 0.29) is 18.1 Å². The highest BCUT2D eigenvalue weighted by molar-refractivity contribution is 7.12. The van der Waals surface area contributed by atoms with Crippen molar-refractivity contribution >= 4 is 17.2 Å². The van der Waals surface area contributed by atoms with Crippen LogP contribution in [0.4, 0.5) is 0 Å². The zero-order valence-electron chi connectivity index (χ0n) is 13.4. The molecular weight excluding hydrogens is 280 g/mol. The molecule has 2 fully saturated rings. The van der Waals surface area contributed by atoms with Crippen molar-refractivity contribution in [2.45, 2.75) is 65.2 Å². The maximum Gasteiger partial charge on any atom is 0.241 e. The molecule has 5 atom stereocenters. The van der Waals surface area contributed by atoms with Crippen molar-refractivity contribution in [3.63, 3.8) is 0 Å². The Bertz CT molecular complexity index is 527. The minimum atomic E-state index is -0.0629. The van der Waals surface area contributed by atoms with Gasteiger partial charge in [0.1, 0.15) is 6.17 Å². The van der Waals surface area contributed by atoms with Gasteiger partial charge in [-0.25, -0.2) is 0 Å². The number of rotatable bonds is 2. The summed E-state index contributed by atoms with van der Waals surface area (Å²) in [4.78, 5) is 17.4. The second-order valence-corrected chi connectivity index (χ2v) is 8.23. The Morgan fingerprint density at radius 3 is 2.57 bits per heavy atom. The first kappa shape index (κ1) is 15.0. The number of thiophene rings is 1. The minimum Gasteiger partial charge on any atom is -0.318 e. The lowest BCUT2D eigenvalue weighted by molar-refractivity contribution is -0.133. The van der Waals surface area contributed by atoms with E-state index in [1.807, 2.05) is 6.92 Å². The van der Waals surface area contributed by atoms with E-state index in [2.05, 4.69) is 43.1 Å². The van der Waals surface area contributed by atoms with E-state index in [1.54, 1.807) is 11.3 Å². The number of carbonyl (C=O) groups is 1. The van der Waals surface area contributed by atoms with E-state index in [9.17, 15) is 4.79 Å². The summed E-state index contributed by atoms with van der Waals surface area (Å²) in [5, 5.41) is 3.49. The number of hydrogen-bond donors (Lipinski definition) is 1. The maximum atomic E-state index is 12.7. The van der Waals surface area contributed by atoms with Gasteiger partial charge in [-0.3, -0.25) is 10.1 Å². The summed E-state index contributed by atoms with van der Waals surface area (Å²) in [6, 6.07) is 4.66. The average Bonchev–Trinajstić information content (AvgIpc) is 2.99. The Balaban J connectivity index is 1.84. The number of carbonyl (C=O) groups excluding carboxylic acids is 1. The van der Waals surface area contributed by atoms with E-state index >= 15 is 0 Å². The van der Waals surface area contributed by atoms with Crippen molar-refractivity contribution in [3.05, 3.63) is 21.9 Å². The van der Waals surface area contributed by atoms with Crippen LogP contribution in [0.5, 0.6) is 0 Å². The fourth-order valence-electron chi connectivity index (χ4n) is 3.72.